The fourth-order valence-electron chi connectivity index (χ4n) is 2.04. The molecule has 2 aromatic carbocycles. The van der Waals surface area contributed by atoms with Crippen molar-refractivity contribution >= 4 is 11.8 Å². The molecule has 0 bridgehead atoms. The Morgan fingerprint density at radius 3 is 2.48 bits per heavy atom. The van der Waals surface area contributed by atoms with Gasteiger partial charge in [0.15, 0.2) is 17.3 Å². The zero-order valence-corrected chi connectivity index (χ0v) is 12.8. The van der Waals surface area contributed by atoms with Gasteiger partial charge in [-0.05, 0) is 24.6 Å². The topological polar surface area (TPSA) is 72.8 Å². The van der Waals surface area contributed by atoms with Crippen molar-refractivity contribution < 1.29 is 24.2 Å². The summed E-state index contributed by atoms with van der Waals surface area (Å²) in [5.41, 5.74) is 0.985. The van der Waals surface area contributed by atoms with Crippen LogP contribution in [0.1, 0.15) is 29.3 Å². The average molecular weight is 314 g/mol. The van der Waals surface area contributed by atoms with Gasteiger partial charge in [-0.1, -0.05) is 36.4 Å². The molecule has 0 aliphatic carbocycles. The first-order chi connectivity index (χ1) is 11.1. The van der Waals surface area contributed by atoms with E-state index in [1.807, 2.05) is 30.3 Å². The van der Waals surface area contributed by atoms with Crippen LogP contribution in [0.15, 0.2) is 48.5 Å². The number of aromatic hydroxyl groups is 1. The summed E-state index contributed by atoms with van der Waals surface area (Å²) in [5, 5.41) is 10.2. The maximum Gasteiger partial charge on any atom is 0.313 e. The molecule has 0 aliphatic heterocycles. The third-order valence-corrected chi connectivity index (χ3v) is 3.15. The maximum atomic E-state index is 12.1. The van der Waals surface area contributed by atoms with Crippen LogP contribution >= 0.6 is 0 Å². The summed E-state index contributed by atoms with van der Waals surface area (Å²) in [7, 11) is 0. The number of Topliss-reactive ketones (excluding diaryl/α,β-unsaturated/α-hetero) is 1. The van der Waals surface area contributed by atoms with Gasteiger partial charge >= 0.3 is 5.97 Å². The Morgan fingerprint density at radius 1 is 1.04 bits per heavy atom. The molecule has 0 saturated heterocycles. The van der Waals surface area contributed by atoms with Gasteiger partial charge in [0, 0.05) is 0 Å². The predicted octanol–water partition coefficient (Wildman–Crippen LogP) is 3.11. The first kappa shape index (κ1) is 16.5. The number of hydrogen-bond donors (Lipinski definition) is 1. The number of esters is 1. The van der Waals surface area contributed by atoms with Crippen molar-refractivity contribution in [2.75, 3.05) is 6.61 Å². The molecular weight excluding hydrogens is 296 g/mol. The minimum absolute atomic E-state index is 0.0450. The maximum absolute atomic E-state index is 12.1. The van der Waals surface area contributed by atoms with Crippen molar-refractivity contribution in [3.05, 3.63) is 59.7 Å². The highest BCUT2D eigenvalue weighted by Crippen LogP contribution is 2.31. The van der Waals surface area contributed by atoms with Crippen molar-refractivity contribution in [3.8, 4) is 11.5 Å². The van der Waals surface area contributed by atoms with Gasteiger partial charge in [0.1, 0.15) is 13.0 Å². The molecule has 0 spiro atoms. The van der Waals surface area contributed by atoms with E-state index in [4.69, 9.17) is 9.47 Å². The van der Waals surface area contributed by atoms with E-state index in [2.05, 4.69) is 0 Å². The van der Waals surface area contributed by atoms with Crippen LogP contribution in [0.25, 0.3) is 0 Å². The van der Waals surface area contributed by atoms with Crippen LogP contribution in [0.3, 0.4) is 0 Å². The Hall–Kier alpha value is -2.82. The van der Waals surface area contributed by atoms with E-state index < -0.39 is 18.2 Å². The van der Waals surface area contributed by atoms with Crippen molar-refractivity contribution in [2.24, 2.45) is 0 Å². The summed E-state index contributed by atoms with van der Waals surface area (Å²) in [6, 6.07) is 14.1. The lowest BCUT2D eigenvalue weighted by Gasteiger charge is -2.11. The fourth-order valence-corrected chi connectivity index (χ4v) is 2.04. The van der Waals surface area contributed by atoms with Gasteiger partial charge in [-0.2, -0.15) is 0 Å². The molecule has 0 radical (unpaired) electrons. The Kier molecular flexibility index (Phi) is 5.74. The number of ether oxygens (including phenoxy) is 2. The first-order valence-electron chi connectivity index (χ1n) is 7.29. The smallest absolute Gasteiger partial charge is 0.313 e. The van der Waals surface area contributed by atoms with Crippen LogP contribution in [-0.4, -0.2) is 23.5 Å². The number of ketones is 1. The van der Waals surface area contributed by atoms with Gasteiger partial charge in [0.25, 0.3) is 0 Å². The van der Waals surface area contributed by atoms with Crippen molar-refractivity contribution in [1.82, 2.24) is 0 Å². The highest BCUT2D eigenvalue weighted by molar-refractivity contribution is 6.07. The third kappa shape index (κ3) is 4.57. The van der Waals surface area contributed by atoms with E-state index in [1.165, 1.54) is 6.07 Å². The van der Waals surface area contributed by atoms with Gasteiger partial charge in [-0.3, -0.25) is 9.59 Å². The molecule has 0 unspecified atom stereocenters. The van der Waals surface area contributed by atoms with Gasteiger partial charge in [-0.15, -0.1) is 0 Å². The molecule has 5 nitrogen and oxygen atoms in total. The Bertz CT molecular complexity index is 679. The predicted molar refractivity (Wildman–Crippen MR) is 84.5 cm³/mol. The number of phenols is 1. The van der Waals surface area contributed by atoms with Crippen LogP contribution in [-0.2, 0) is 16.1 Å². The second-order valence-corrected chi connectivity index (χ2v) is 4.83. The van der Waals surface area contributed by atoms with Crippen LogP contribution in [0, 0.1) is 0 Å². The molecule has 1 N–H and O–H groups in total. The number of carbonyl (C=O) groups excluding carboxylic acids is 2. The van der Waals surface area contributed by atoms with Gasteiger partial charge in [-0.25, -0.2) is 0 Å². The molecule has 0 amide bonds. The molecule has 5 heteroatoms. The Balaban J connectivity index is 2.08. The first-order valence-corrected chi connectivity index (χ1v) is 7.29. The van der Waals surface area contributed by atoms with Crippen LogP contribution in [0.5, 0.6) is 11.5 Å². The number of hydrogen-bond acceptors (Lipinski definition) is 5. The number of rotatable bonds is 7. The second-order valence-electron chi connectivity index (χ2n) is 4.83. The largest absolute Gasteiger partial charge is 0.504 e. The van der Waals surface area contributed by atoms with Crippen molar-refractivity contribution in [1.29, 1.82) is 0 Å². The summed E-state index contributed by atoms with van der Waals surface area (Å²) >= 11 is 0. The van der Waals surface area contributed by atoms with Gasteiger partial charge < -0.3 is 14.6 Å². The summed E-state index contributed by atoms with van der Waals surface area (Å²) in [6.45, 7) is 2.14. The molecule has 0 aromatic heterocycles. The van der Waals surface area contributed by atoms with Crippen LogP contribution < -0.4 is 4.74 Å². The highest BCUT2D eigenvalue weighted by atomic mass is 16.5. The quantitative estimate of drug-likeness (QED) is 0.483. The van der Waals surface area contributed by atoms with Gasteiger partial charge in [0.2, 0.25) is 0 Å². The standard InChI is InChI=1S/C18H18O5/c1-2-22-17(20)11-15(19)14-9-6-10-16(18(14)21)23-12-13-7-4-3-5-8-13/h3-10,21H,2,11-12H2,1H3. The molecule has 2 aromatic rings. The number of phenolic OH excluding ortho intramolecular Hbond substituents is 1. The molecule has 0 atom stereocenters. The highest BCUT2D eigenvalue weighted by Gasteiger charge is 2.18. The van der Waals surface area contributed by atoms with E-state index in [9.17, 15) is 14.7 Å². The van der Waals surface area contributed by atoms with Crippen LogP contribution in [0.4, 0.5) is 0 Å². The monoisotopic (exact) mass is 314 g/mol. The Labute approximate surface area is 134 Å². The average Bonchev–Trinajstić information content (AvgIpc) is 2.55. The molecule has 2 rings (SSSR count). The molecule has 0 aliphatic rings. The molecule has 0 heterocycles. The van der Waals surface area contributed by atoms with Crippen molar-refractivity contribution in [2.45, 2.75) is 20.0 Å². The lowest BCUT2D eigenvalue weighted by Crippen LogP contribution is -2.11. The van der Waals surface area contributed by atoms with E-state index in [0.29, 0.717) is 0 Å². The van der Waals surface area contributed by atoms with Gasteiger partial charge in [0.05, 0.1) is 12.2 Å². The van der Waals surface area contributed by atoms with E-state index >= 15 is 0 Å². The normalized spacial score (nSPS) is 10.1. The molecular formula is C18H18O5. The van der Waals surface area contributed by atoms with Crippen molar-refractivity contribution in [3.63, 3.8) is 0 Å². The zero-order chi connectivity index (χ0) is 16.7. The minimum atomic E-state index is -0.618. The summed E-state index contributed by atoms with van der Waals surface area (Å²) in [6.07, 6.45) is -0.413. The summed E-state index contributed by atoms with van der Waals surface area (Å²) in [4.78, 5) is 23.4. The van der Waals surface area contributed by atoms with E-state index in [-0.39, 0.29) is 30.3 Å². The third-order valence-electron chi connectivity index (χ3n) is 3.15. The number of carbonyl (C=O) groups is 2. The Morgan fingerprint density at radius 2 is 1.78 bits per heavy atom. The number of benzene rings is 2. The molecule has 120 valence electrons. The number of para-hydroxylation sites is 1. The minimum Gasteiger partial charge on any atom is -0.504 e. The fraction of sp³-hybridized carbons (Fsp3) is 0.222. The lowest BCUT2D eigenvalue weighted by atomic mass is 10.1. The summed E-state index contributed by atoms with van der Waals surface area (Å²) < 4.78 is 10.3. The van der Waals surface area contributed by atoms with E-state index in [1.54, 1.807) is 19.1 Å². The molecule has 0 fully saturated rings. The SMILES string of the molecule is CCOC(=O)CC(=O)c1cccc(OCc2ccccc2)c1O. The zero-order valence-electron chi connectivity index (χ0n) is 12.8. The summed E-state index contributed by atoms with van der Waals surface area (Å²) in [5.74, 6) is -1.19. The molecule has 0 saturated carbocycles. The van der Waals surface area contributed by atoms with Crippen LogP contribution in [0.2, 0.25) is 0 Å². The second kappa shape index (κ2) is 7.98. The lowest BCUT2D eigenvalue weighted by molar-refractivity contribution is -0.141. The molecule has 23 heavy (non-hydrogen) atoms. The van der Waals surface area contributed by atoms with E-state index in [0.717, 1.165) is 5.56 Å².